The maximum Gasteiger partial charge on any atom is 0.230 e. The van der Waals surface area contributed by atoms with Gasteiger partial charge in [0.1, 0.15) is 5.76 Å². The molecular formula is C20H19N5O2S. The molecule has 7 nitrogen and oxygen atoms in total. The molecule has 8 heteroatoms. The Morgan fingerprint density at radius 1 is 1.25 bits per heavy atom. The maximum atomic E-state index is 12.6. The molecular weight excluding hydrogens is 374 g/mol. The van der Waals surface area contributed by atoms with Gasteiger partial charge in [0.25, 0.3) is 0 Å². The highest BCUT2D eigenvalue weighted by molar-refractivity contribution is 7.19. The zero-order valence-corrected chi connectivity index (χ0v) is 16.6. The van der Waals surface area contributed by atoms with Gasteiger partial charge in [-0.15, -0.1) is 0 Å². The molecule has 0 aliphatic carbocycles. The first-order valence-electron chi connectivity index (χ1n) is 8.78. The summed E-state index contributed by atoms with van der Waals surface area (Å²) in [5.74, 6) is 1.31. The van der Waals surface area contributed by atoms with Crippen LogP contribution in [0, 0.1) is 13.8 Å². The summed E-state index contributed by atoms with van der Waals surface area (Å²) < 4.78 is 7.08. The highest BCUT2D eigenvalue weighted by Crippen LogP contribution is 2.38. The van der Waals surface area contributed by atoms with Crippen molar-refractivity contribution < 1.29 is 9.32 Å². The third-order valence-corrected chi connectivity index (χ3v) is 5.43. The second-order valence-corrected chi connectivity index (χ2v) is 7.45. The van der Waals surface area contributed by atoms with Gasteiger partial charge in [-0.05, 0) is 13.8 Å². The van der Waals surface area contributed by atoms with E-state index < -0.39 is 0 Å². The number of aromatic nitrogens is 4. The van der Waals surface area contributed by atoms with Gasteiger partial charge >= 0.3 is 0 Å². The predicted molar refractivity (Wildman–Crippen MR) is 108 cm³/mol. The molecule has 0 saturated heterocycles. The van der Waals surface area contributed by atoms with E-state index in [-0.39, 0.29) is 12.3 Å². The number of aryl methyl sites for hydroxylation is 3. The molecule has 1 N–H and O–H groups in total. The molecule has 142 valence electrons. The number of imidazole rings is 1. The minimum atomic E-state index is -0.158. The molecule has 3 aromatic heterocycles. The van der Waals surface area contributed by atoms with Crippen molar-refractivity contribution in [3.63, 3.8) is 0 Å². The molecule has 1 amide bonds. The first-order valence-corrected chi connectivity index (χ1v) is 9.60. The number of anilines is 1. The Morgan fingerprint density at radius 2 is 2.04 bits per heavy atom. The first kappa shape index (κ1) is 18.1. The van der Waals surface area contributed by atoms with E-state index in [1.54, 1.807) is 13.1 Å². The second-order valence-electron chi connectivity index (χ2n) is 6.45. The average Bonchev–Trinajstić information content (AvgIpc) is 3.37. The Kier molecular flexibility index (Phi) is 4.79. The van der Waals surface area contributed by atoms with Gasteiger partial charge in [-0.2, -0.15) is 0 Å². The number of amides is 1. The van der Waals surface area contributed by atoms with E-state index in [2.05, 4.69) is 20.4 Å². The number of carbonyl (C=O) groups excluding carboxylic acids is 1. The molecule has 28 heavy (non-hydrogen) atoms. The highest BCUT2D eigenvalue weighted by atomic mass is 32.1. The summed E-state index contributed by atoms with van der Waals surface area (Å²) in [6.45, 7) is 3.63. The Balaban J connectivity index is 1.66. The number of carbonyl (C=O) groups is 1. The van der Waals surface area contributed by atoms with E-state index >= 15 is 0 Å². The number of hydrogen-bond acceptors (Lipinski definition) is 6. The molecule has 4 rings (SSSR count). The molecule has 0 bridgehead atoms. The van der Waals surface area contributed by atoms with Crippen LogP contribution in [-0.4, -0.2) is 25.6 Å². The Hall–Kier alpha value is -3.26. The quantitative estimate of drug-likeness (QED) is 0.554. The monoisotopic (exact) mass is 393 g/mol. The largest absolute Gasteiger partial charge is 0.361 e. The van der Waals surface area contributed by atoms with Gasteiger partial charge in [0.2, 0.25) is 5.91 Å². The van der Waals surface area contributed by atoms with Crippen LogP contribution in [0.4, 0.5) is 5.13 Å². The van der Waals surface area contributed by atoms with E-state index in [1.165, 1.54) is 11.3 Å². The zero-order valence-electron chi connectivity index (χ0n) is 15.8. The lowest BCUT2D eigenvalue weighted by atomic mass is 10.1. The van der Waals surface area contributed by atoms with Crippen LogP contribution in [0.25, 0.3) is 22.0 Å². The fourth-order valence-electron chi connectivity index (χ4n) is 2.98. The second kappa shape index (κ2) is 7.40. The SMILES string of the molecule is Cc1noc(C)c1CC(=O)Nc1nc(-c2ccccc2)c(-c2nccn2C)s1. The van der Waals surface area contributed by atoms with Crippen molar-refractivity contribution in [2.45, 2.75) is 20.3 Å². The number of nitrogens with zero attached hydrogens (tertiary/aromatic N) is 4. The first-order chi connectivity index (χ1) is 13.5. The molecule has 0 fully saturated rings. The molecule has 0 aliphatic rings. The van der Waals surface area contributed by atoms with Crippen molar-refractivity contribution in [1.82, 2.24) is 19.7 Å². The topological polar surface area (TPSA) is 85.8 Å². The Labute approximate surface area is 166 Å². The van der Waals surface area contributed by atoms with Crippen LogP contribution in [0.15, 0.2) is 47.2 Å². The summed E-state index contributed by atoms with van der Waals surface area (Å²) in [6, 6.07) is 9.88. The molecule has 3 heterocycles. The van der Waals surface area contributed by atoms with Crippen molar-refractivity contribution >= 4 is 22.4 Å². The van der Waals surface area contributed by atoms with Gasteiger partial charge in [0.15, 0.2) is 11.0 Å². The van der Waals surface area contributed by atoms with Crippen LogP contribution in [0.3, 0.4) is 0 Å². The molecule has 0 atom stereocenters. The van der Waals surface area contributed by atoms with Crippen LogP contribution in [0.5, 0.6) is 0 Å². The standard InChI is InChI=1S/C20H19N5O2S/c1-12-15(13(2)27-24-12)11-16(26)22-20-23-17(14-7-5-4-6-8-14)18(28-20)19-21-9-10-25(19)3/h4-10H,11H2,1-3H3,(H,22,23,26). The van der Waals surface area contributed by atoms with Gasteiger partial charge < -0.3 is 14.4 Å². The van der Waals surface area contributed by atoms with E-state index in [0.29, 0.717) is 10.9 Å². The van der Waals surface area contributed by atoms with Crippen LogP contribution in [-0.2, 0) is 18.3 Å². The minimum Gasteiger partial charge on any atom is -0.361 e. The van der Waals surface area contributed by atoms with Crippen LogP contribution >= 0.6 is 11.3 Å². The Morgan fingerprint density at radius 3 is 2.68 bits per heavy atom. The minimum absolute atomic E-state index is 0.158. The summed E-state index contributed by atoms with van der Waals surface area (Å²) in [5, 5.41) is 7.34. The summed E-state index contributed by atoms with van der Waals surface area (Å²) in [7, 11) is 1.94. The van der Waals surface area contributed by atoms with E-state index in [0.717, 1.165) is 33.2 Å². The molecule has 0 spiro atoms. The van der Waals surface area contributed by atoms with Gasteiger partial charge in [0, 0.05) is 30.6 Å². The number of hydrogen-bond donors (Lipinski definition) is 1. The zero-order chi connectivity index (χ0) is 19.7. The van der Waals surface area contributed by atoms with E-state index in [9.17, 15) is 4.79 Å². The van der Waals surface area contributed by atoms with Gasteiger partial charge in [-0.25, -0.2) is 9.97 Å². The summed E-state index contributed by atoms with van der Waals surface area (Å²) in [5.41, 5.74) is 3.31. The van der Waals surface area contributed by atoms with Crippen molar-refractivity contribution in [3.8, 4) is 22.0 Å². The molecule has 0 unspecified atom stereocenters. The van der Waals surface area contributed by atoms with Crippen LogP contribution in [0.2, 0.25) is 0 Å². The van der Waals surface area contributed by atoms with Gasteiger partial charge in [-0.1, -0.05) is 46.8 Å². The van der Waals surface area contributed by atoms with Crippen LogP contribution < -0.4 is 5.32 Å². The molecule has 0 radical (unpaired) electrons. The summed E-state index contributed by atoms with van der Waals surface area (Å²) in [4.78, 5) is 22.6. The lowest BCUT2D eigenvalue weighted by Gasteiger charge is -2.02. The van der Waals surface area contributed by atoms with Crippen molar-refractivity contribution in [2.75, 3.05) is 5.32 Å². The average molecular weight is 393 g/mol. The summed E-state index contributed by atoms with van der Waals surface area (Å²) in [6.07, 6.45) is 3.83. The van der Waals surface area contributed by atoms with E-state index in [1.807, 2.05) is 55.1 Å². The predicted octanol–water partition coefficient (Wildman–Crippen LogP) is 4.00. The van der Waals surface area contributed by atoms with Crippen LogP contribution in [0.1, 0.15) is 17.0 Å². The third-order valence-electron chi connectivity index (χ3n) is 4.46. The fraction of sp³-hybridized carbons (Fsp3) is 0.200. The fourth-order valence-corrected chi connectivity index (χ4v) is 4.02. The van der Waals surface area contributed by atoms with Gasteiger partial charge in [-0.3, -0.25) is 4.79 Å². The molecule has 0 saturated carbocycles. The molecule has 4 aromatic rings. The van der Waals surface area contributed by atoms with Crippen molar-refractivity contribution in [2.24, 2.45) is 7.05 Å². The normalized spacial score (nSPS) is 11.0. The Bertz CT molecular complexity index is 1110. The van der Waals surface area contributed by atoms with E-state index in [4.69, 9.17) is 4.52 Å². The number of rotatable bonds is 5. The third kappa shape index (κ3) is 3.46. The van der Waals surface area contributed by atoms with Crippen molar-refractivity contribution in [3.05, 3.63) is 59.7 Å². The highest BCUT2D eigenvalue weighted by Gasteiger charge is 2.20. The summed E-state index contributed by atoms with van der Waals surface area (Å²) >= 11 is 1.41. The molecule has 0 aliphatic heterocycles. The molecule has 1 aromatic carbocycles. The lowest BCUT2D eigenvalue weighted by Crippen LogP contribution is -2.15. The smallest absolute Gasteiger partial charge is 0.230 e. The van der Waals surface area contributed by atoms with Gasteiger partial charge in [0.05, 0.1) is 22.7 Å². The lowest BCUT2D eigenvalue weighted by molar-refractivity contribution is -0.115. The number of nitrogens with one attached hydrogen (secondary N) is 1. The van der Waals surface area contributed by atoms with Crippen molar-refractivity contribution in [1.29, 1.82) is 0 Å². The number of benzene rings is 1. The number of thiazole rings is 1. The maximum absolute atomic E-state index is 12.6.